The van der Waals surface area contributed by atoms with E-state index < -0.39 is 11.4 Å². The molecule has 2 aromatic carbocycles. The van der Waals surface area contributed by atoms with Gasteiger partial charge in [0.05, 0.1) is 19.2 Å². The summed E-state index contributed by atoms with van der Waals surface area (Å²) in [6.45, 7) is 1.68. The number of fused-ring (bicyclic) bond motifs is 1. The minimum atomic E-state index is -1.36. The minimum Gasteiger partial charge on any atom is -0.497 e. The topological polar surface area (TPSA) is 76.0 Å². The fourth-order valence-corrected chi connectivity index (χ4v) is 3.34. The van der Waals surface area contributed by atoms with Crippen LogP contribution in [0.5, 0.6) is 5.75 Å². The smallest absolute Gasteiger partial charge is 0.305 e. The molecule has 1 unspecified atom stereocenters. The Kier molecular flexibility index (Phi) is 4.35. The first-order valence-electron chi connectivity index (χ1n) is 7.65. The third kappa shape index (κ3) is 2.81. The number of hydrogen-bond acceptors (Lipinski definition) is 4. The summed E-state index contributed by atoms with van der Waals surface area (Å²) in [6.07, 6.45) is -0.385. The molecule has 128 valence electrons. The van der Waals surface area contributed by atoms with Gasteiger partial charge in [0.2, 0.25) is 0 Å². The van der Waals surface area contributed by atoms with Gasteiger partial charge in [-0.3, -0.25) is 14.6 Å². The van der Waals surface area contributed by atoms with Crippen molar-refractivity contribution in [2.75, 3.05) is 7.11 Å². The number of benzene rings is 2. The zero-order chi connectivity index (χ0) is 18.2. The largest absolute Gasteiger partial charge is 0.497 e. The monoisotopic (exact) mass is 357 g/mol. The van der Waals surface area contributed by atoms with E-state index in [4.69, 9.17) is 16.3 Å². The number of carbonyl (C=O) groups excluding carboxylic acids is 1. The average Bonchev–Trinajstić information content (AvgIpc) is 2.86. The molecule has 1 atom stereocenters. The van der Waals surface area contributed by atoms with Crippen molar-refractivity contribution in [1.29, 1.82) is 0 Å². The van der Waals surface area contributed by atoms with Gasteiger partial charge in [0.25, 0.3) is 0 Å². The molecule has 0 saturated carbocycles. The molecule has 5 nitrogen and oxygen atoms in total. The predicted octanol–water partition coefficient (Wildman–Crippen LogP) is 4.05. The molecule has 1 aliphatic heterocycles. The number of carboxylic acids is 1. The maximum absolute atomic E-state index is 13.4. The first-order chi connectivity index (χ1) is 11.9. The van der Waals surface area contributed by atoms with E-state index in [1.54, 1.807) is 49.4 Å². The van der Waals surface area contributed by atoms with E-state index in [1.165, 1.54) is 7.11 Å². The van der Waals surface area contributed by atoms with Crippen LogP contribution in [-0.2, 0) is 10.2 Å². The second-order valence-corrected chi connectivity index (χ2v) is 6.33. The lowest BCUT2D eigenvalue weighted by Crippen LogP contribution is -2.42. The van der Waals surface area contributed by atoms with E-state index in [-0.39, 0.29) is 12.2 Å². The lowest BCUT2D eigenvalue weighted by molar-refractivity contribution is -0.137. The normalized spacial score (nSPS) is 18.4. The number of rotatable bonds is 5. The molecular weight excluding hydrogens is 342 g/mol. The standard InChI is InChI=1S/C19H16ClNO4/c1-11-19(10-17(22)23,18(24)12-3-5-13(20)6-4-12)15-9-14(25-2)7-8-16(15)21-11/h3-9H,10H2,1-2H3,(H,22,23). The second kappa shape index (κ2) is 6.33. The average molecular weight is 358 g/mol. The van der Waals surface area contributed by atoms with Gasteiger partial charge in [-0.2, -0.15) is 0 Å². The maximum Gasteiger partial charge on any atom is 0.305 e. The fraction of sp³-hybridized carbons (Fsp3) is 0.211. The zero-order valence-electron chi connectivity index (χ0n) is 13.7. The first kappa shape index (κ1) is 17.2. The van der Waals surface area contributed by atoms with Crippen molar-refractivity contribution in [2.45, 2.75) is 18.8 Å². The molecule has 0 aromatic heterocycles. The number of carboxylic acid groups (broad SMARTS) is 1. The van der Waals surface area contributed by atoms with Crippen LogP contribution >= 0.6 is 11.6 Å². The van der Waals surface area contributed by atoms with Gasteiger partial charge in [-0.25, -0.2) is 0 Å². The Morgan fingerprint density at radius 2 is 1.88 bits per heavy atom. The predicted molar refractivity (Wildman–Crippen MR) is 95.5 cm³/mol. The highest BCUT2D eigenvalue weighted by atomic mass is 35.5. The van der Waals surface area contributed by atoms with E-state index >= 15 is 0 Å². The van der Waals surface area contributed by atoms with Crippen LogP contribution in [0.25, 0.3) is 0 Å². The third-order valence-corrected chi connectivity index (χ3v) is 4.73. The fourth-order valence-electron chi connectivity index (χ4n) is 3.22. The van der Waals surface area contributed by atoms with E-state index in [0.29, 0.717) is 33.3 Å². The van der Waals surface area contributed by atoms with Gasteiger partial charge in [-0.05, 0) is 49.4 Å². The van der Waals surface area contributed by atoms with E-state index in [0.717, 1.165) is 0 Å². The summed E-state index contributed by atoms with van der Waals surface area (Å²) in [5, 5.41) is 9.99. The second-order valence-electron chi connectivity index (χ2n) is 5.89. The minimum absolute atomic E-state index is 0.320. The van der Waals surface area contributed by atoms with Crippen LogP contribution in [0.1, 0.15) is 29.3 Å². The summed E-state index contributed by atoms with van der Waals surface area (Å²) in [5.41, 5.74) is 0.617. The molecule has 0 fully saturated rings. The van der Waals surface area contributed by atoms with Gasteiger partial charge in [-0.1, -0.05) is 11.6 Å². The molecular formula is C19H16ClNO4. The van der Waals surface area contributed by atoms with Gasteiger partial charge in [0.1, 0.15) is 11.2 Å². The van der Waals surface area contributed by atoms with Gasteiger partial charge < -0.3 is 9.84 Å². The molecule has 1 heterocycles. The molecule has 25 heavy (non-hydrogen) atoms. The lowest BCUT2D eigenvalue weighted by atomic mass is 9.70. The SMILES string of the molecule is COc1ccc2c(c1)C(CC(=O)O)(C(=O)c1ccc(Cl)cc1)C(C)=N2. The highest BCUT2D eigenvalue weighted by molar-refractivity contribution is 6.31. The number of nitrogens with zero attached hydrogens (tertiary/aromatic N) is 1. The number of aliphatic imine (C=N–C) groups is 1. The van der Waals surface area contributed by atoms with Crippen molar-refractivity contribution in [1.82, 2.24) is 0 Å². The molecule has 0 spiro atoms. The molecule has 3 rings (SSSR count). The van der Waals surface area contributed by atoms with Crippen LogP contribution in [0.4, 0.5) is 5.69 Å². The first-order valence-corrected chi connectivity index (χ1v) is 8.02. The van der Waals surface area contributed by atoms with Crippen molar-refractivity contribution >= 4 is 34.8 Å². The highest BCUT2D eigenvalue weighted by Crippen LogP contribution is 2.46. The number of carbonyl (C=O) groups is 2. The highest BCUT2D eigenvalue weighted by Gasteiger charge is 2.49. The maximum atomic E-state index is 13.4. The van der Waals surface area contributed by atoms with E-state index in [2.05, 4.69) is 4.99 Å². The molecule has 1 aliphatic rings. The van der Waals surface area contributed by atoms with E-state index in [1.807, 2.05) is 0 Å². The summed E-state index contributed by atoms with van der Waals surface area (Å²) >= 11 is 5.90. The van der Waals surface area contributed by atoms with Gasteiger partial charge in [0.15, 0.2) is 5.78 Å². The molecule has 0 bridgehead atoms. The summed E-state index contributed by atoms with van der Waals surface area (Å²) in [6, 6.07) is 11.6. The number of methoxy groups -OCH3 is 1. The van der Waals surface area contributed by atoms with Gasteiger partial charge in [-0.15, -0.1) is 0 Å². The summed E-state index contributed by atoms with van der Waals surface area (Å²) in [5.74, 6) is -0.852. The Balaban J connectivity index is 2.21. The van der Waals surface area contributed by atoms with Gasteiger partial charge >= 0.3 is 5.97 Å². The Labute approximate surface area is 149 Å². The molecule has 2 aromatic rings. The summed E-state index contributed by atoms with van der Waals surface area (Å²) in [4.78, 5) is 29.4. The summed E-state index contributed by atoms with van der Waals surface area (Å²) in [7, 11) is 1.52. The number of halogens is 1. The summed E-state index contributed by atoms with van der Waals surface area (Å²) < 4.78 is 5.25. The van der Waals surface area contributed by atoms with Crippen LogP contribution < -0.4 is 4.74 Å². The number of aliphatic carboxylic acids is 1. The molecule has 1 N–H and O–H groups in total. The number of hydrogen-bond donors (Lipinski definition) is 1. The van der Waals surface area contributed by atoms with Crippen LogP contribution in [-0.4, -0.2) is 29.7 Å². The van der Waals surface area contributed by atoms with Crippen LogP contribution in [0, 0.1) is 0 Å². The Morgan fingerprint density at radius 1 is 1.20 bits per heavy atom. The Morgan fingerprint density at radius 3 is 2.48 bits per heavy atom. The van der Waals surface area contributed by atoms with E-state index in [9.17, 15) is 14.7 Å². The van der Waals surface area contributed by atoms with Crippen molar-refractivity contribution in [3.8, 4) is 5.75 Å². The number of ether oxygens (including phenoxy) is 1. The van der Waals surface area contributed by atoms with Gasteiger partial charge in [0, 0.05) is 21.9 Å². The van der Waals surface area contributed by atoms with Crippen LogP contribution in [0.2, 0.25) is 5.02 Å². The number of ketones is 1. The Hall–Kier alpha value is -2.66. The van der Waals surface area contributed by atoms with Crippen LogP contribution in [0.3, 0.4) is 0 Å². The third-order valence-electron chi connectivity index (χ3n) is 4.48. The zero-order valence-corrected chi connectivity index (χ0v) is 14.5. The van der Waals surface area contributed by atoms with Crippen molar-refractivity contribution in [3.63, 3.8) is 0 Å². The number of Topliss-reactive ketones (excluding diaryl/α,β-unsaturated/α-hetero) is 1. The molecule has 0 aliphatic carbocycles. The van der Waals surface area contributed by atoms with Crippen LogP contribution in [0.15, 0.2) is 47.5 Å². The molecule has 0 amide bonds. The Bertz CT molecular complexity index is 889. The molecule has 0 saturated heterocycles. The molecule has 6 heteroatoms. The van der Waals surface area contributed by atoms with Crippen molar-refractivity contribution in [3.05, 3.63) is 58.6 Å². The lowest BCUT2D eigenvalue weighted by Gasteiger charge is -2.28. The quantitative estimate of drug-likeness (QED) is 0.819. The van der Waals surface area contributed by atoms with Crippen molar-refractivity contribution < 1.29 is 19.4 Å². The molecule has 0 radical (unpaired) electrons. The van der Waals surface area contributed by atoms with Crippen molar-refractivity contribution in [2.24, 2.45) is 4.99 Å².